The number of pyridine rings is 1. The van der Waals surface area contributed by atoms with Gasteiger partial charge in [-0.1, -0.05) is 12.1 Å². The van der Waals surface area contributed by atoms with Gasteiger partial charge in [0.25, 0.3) is 0 Å². The van der Waals surface area contributed by atoms with Gasteiger partial charge in [-0.2, -0.15) is 0 Å². The first-order valence-electron chi connectivity index (χ1n) is 12.4. The molecule has 32 heavy (non-hydrogen) atoms. The molecule has 172 valence electrons. The van der Waals surface area contributed by atoms with E-state index >= 15 is 0 Å². The van der Waals surface area contributed by atoms with Gasteiger partial charge in [0.1, 0.15) is 16.5 Å². The van der Waals surface area contributed by atoms with E-state index in [1.165, 1.54) is 18.2 Å². The van der Waals surface area contributed by atoms with Crippen molar-refractivity contribution >= 4 is 27.4 Å². The van der Waals surface area contributed by atoms with Gasteiger partial charge >= 0.3 is 0 Å². The number of halogens is 1. The first kappa shape index (κ1) is 17.8. The van der Waals surface area contributed by atoms with Crippen molar-refractivity contribution in [2.24, 2.45) is 5.92 Å². The fourth-order valence-corrected chi connectivity index (χ4v) is 5.18. The summed E-state index contributed by atoms with van der Waals surface area (Å²) in [5, 5.41) is 7.65. The Morgan fingerprint density at radius 2 is 1.88 bits per heavy atom. The second-order valence-electron chi connectivity index (χ2n) is 8.02. The second kappa shape index (κ2) is 9.41. The molecule has 4 N–H and O–H groups in total. The number of nitrogens with zero attached hydrogens (tertiary/aromatic N) is 1. The van der Waals surface area contributed by atoms with Gasteiger partial charge in [0.05, 0.1) is 17.2 Å². The average molecular weight is 466 g/mol. The highest BCUT2D eigenvalue weighted by molar-refractivity contribution is 7.89. The van der Waals surface area contributed by atoms with Crippen LogP contribution in [0.25, 0.3) is 0 Å². The third kappa shape index (κ3) is 5.18. The van der Waals surface area contributed by atoms with Crippen LogP contribution >= 0.6 is 0 Å². The topological polar surface area (TPSA) is 112 Å². The van der Waals surface area contributed by atoms with Crippen molar-refractivity contribution in [3.8, 4) is 0 Å². The van der Waals surface area contributed by atoms with Crippen molar-refractivity contribution in [2.45, 2.75) is 49.6 Å². The van der Waals surface area contributed by atoms with Crippen LogP contribution in [-0.2, 0) is 14.8 Å². The summed E-state index contributed by atoms with van der Waals surface area (Å²) >= 11 is 0. The van der Waals surface area contributed by atoms with Crippen LogP contribution in [0.4, 0.5) is 15.9 Å². The van der Waals surface area contributed by atoms with Crippen LogP contribution in [0.5, 0.6) is 0 Å². The quantitative estimate of drug-likeness (QED) is 0.522. The molecule has 2 aliphatic rings. The van der Waals surface area contributed by atoms with E-state index in [0.717, 1.165) is 11.8 Å². The molecule has 2 heterocycles. The molecule has 1 fully saturated rings. The fourth-order valence-electron chi connectivity index (χ4n) is 3.90. The maximum Gasteiger partial charge on any atom is 0.242 e. The number of anilines is 2. The molecule has 0 radical (unpaired) electrons. The van der Waals surface area contributed by atoms with E-state index in [0.29, 0.717) is 25.7 Å². The summed E-state index contributed by atoms with van der Waals surface area (Å²) in [7, 11) is -3.98. The van der Waals surface area contributed by atoms with Gasteiger partial charge < -0.3 is 16.0 Å². The van der Waals surface area contributed by atoms with E-state index in [-0.39, 0.29) is 46.1 Å². The monoisotopic (exact) mass is 465 g/mol. The molecule has 2 aromatic rings. The van der Waals surface area contributed by atoms with Crippen molar-refractivity contribution < 1.29 is 23.1 Å². The van der Waals surface area contributed by atoms with Crippen LogP contribution in [0.2, 0.25) is 0 Å². The Morgan fingerprint density at radius 1 is 1.19 bits per heavy atom. The molecule has 8 nitrogen and oxygen atoms in total. The molecule has 1 aliphatic heterocycles. The van der Waals surface area contributed by atoms with E-state index in [9.17, 15) is 17.6 Å². The van der Waals surface area contributed by atoms with Crippen molar-refractivity contribution in [3.63, 3.8) is 0 Å². The lowest BCUT2D eigenvalue weighted by atomic mass is 9.85. The number of aromatic nitrogens is 1. The van der Waals surface area contributed by atoms with E-state index < -0.39 is 23.0 Å². The lowest BCUT2D eigenvalue weighted by Gasteiger charge is -2.29. The van der Waals surface area contributed by atoms with Gasteiger partial charge in [0, 0.05) is 31.2 Å². The smallest absolute Gasteiger partial charge is 0.242 e. The number of amides is 1. The van der Waals surface area contributed by atoms with Crippen LogP contribution in [0.3, 0.4) is 0 Å². The lowest BCUT2D eigenvalue weighted by molar-refractivity contribution is -0.126. The Labute approximate surface area is 193 Å². The molecule has 1 aliphatic carbocycles. The third-order valence-corrected chi connectivity index (χ3v) is 7.25. The number of rotatable bonds is 6. The Morgan fingerprint density at radius 3 is 2.59 bits per heavy atom. The number of carbonyl (C=O) groups excluding carboxylic acids is 1. The molecule has 0 bridgehead atoms. The number of sulfonamides is 1. The van der Waals surface area contributed by atoms with Crippen LogP contribution in [-0.4, -0.2) is 38.3 Å². The molecule has 0 spiro atoms. The number of hydrogen-bond donors (Lipinski definition) is 4. The maximum atomic E-state index is 13.1. The Kier molecular flexibility index (Phi) is 5.23. The lowest BCUT2D eigenvalue weighted by Crippen LogP contribution is -2.41. The highest BCUT2D eigenvalue weighted by Crippen LogP contribution is 2.28. The zero-order chi connectivity index (χ0) is 26.3. The van der Waals surface area contributed by atoms with Crippen molar-refractivity contribution in [3.05, 3.63) is 47.9 Å². The Hall–Kier alpha value is -2.72. The van der Waals surface area contributed by atoms with Gasteiger partial charge in [-0.05, 0) is 56.4 Å². The molecule has 1 amide bonds. The summed E-state index contributed by atoms with van der Waals surface area (Å²) in [5.41, 5.74) is 0.826. The minimum atomic E-state index is -3.98. The van der Waals surface area contributed by atoms with E-state index in [1.54, 1.807) is 12.1 Å². The van der Waals surface area contributed by atoms with Crippen LogP contribution in [0.1, 0.15) is 49.7 Å². The first-order valence-corrected chi connectivity index (χ1v) is 11.9. The summed E-state index contributed by atoms with van der Waals surface area (Å²) in [4.78, 5) is 16.5. The summed E-state index contributed by atoms with van der Waals surface area (Å²) < 4.78 is 72.8. The summed E-state index contributed by atoms with van der Waals surface area (Å²) in [6.45, 7) is -3.10. The number of benzene rings is 1. The molecule has 4 rings (SSSR count). The van der Waals surface area contributed by atoms with Gasteiger partial charge in [-0.15, -0.1) is 0 Å². The van der Waals surface area contributed by atoms with Crippen molar-refractivity contribution in [1.82, 2.24) is 15.0 Å². The highest BCUT2D eigenvalue weighted by Gasteiger charge is 2.30. The van der Waals surface area contributed by atoms with Gasteiger partial charge in [0.2, 0.25) is 15.9 Å². The van der Waals surface area contributed by atoms with E-state index in [2.05, 4.69) is 25.7 Å². The van der Waals surface area contributed by atoms with Crippen LogP contribution in [0, 0.1) is 11.7 Å². The molecule has 1 atom stereocenters. The molecular weight excluding hydrogens is 433 g/mol. The summed E-state index contributed by atoms with van der Waals surface area (Å²) in [6, 6.07) is 6.48. The van der Waals surface area contributed by atoms with Crippen LogP contribution in [0.15, 0.2) is 41.4 Å². The SMILES string of the molecule is [2H]C1([2H])Nc2cc(S(=O)(=O)NC3CCC(C(=O)NC(C)c4ccc(F)cc4)CC3)cnc2NC1([2H])[2H]. The number of nitrogens with one attached hydrogen (secondary N) is 4. The number of carbonyl (C=O) groups is 1. The molecule has 1 aromatic carbocycles. The number of hydrogen-bond acceptors (Lipinski definition) is 6. The molecular formula is C22H28FN5O3S. The first-order chi connectivity index (χ1) is 16.8. The predicted octanol–water partition coefficient (Wildman–Crippen LogP) is 2.77. The average Bonchev–Trinajstić information content (AvgIpc) is 2.79. The normalized spacial score (nSPS) is 26.6. The maximum absolute atomic E-state index is 13.1. The van der Waals surface area contributed by atoms with E-state index in [1.807, 2.05) is 6.92 Å². The number of fused-ring (bicyclic) bond motifs is 1. The second-order valence-corrected chi connectivity index (χ2v) is 9.73. The van der Waals surface area contributed by atoms with Gasteiger partial charge in [-0.25, -0.2) is 22.5 Å². The van der Waals surface area contributed by atoms with Crippen molar-refractivity contribution in [2.75, 3.05) is 23.6 Å². The van der Waals surface area contributed by atoms with Gasteiger partial charge in [-0.3, -0.25) is 4.79 Å². The predicted molar refractivity (Wildman–Crippen MR) is 120 cm³/mol. The van der Waals surface area contributed by atoms with Gasteiger partial charge in [0.15, 0.2) is 0 Å². The molecule has 10 heteroatoms. The zero-order valence-corrected chi connectivity index (χ0v) is 18.3. The Bertz CT molecular complexity index is 1240. The molecule has 1 unspecified atom stereocenters. The zero-order valence-electron chi connectivity index (χ0n) is 21.5. The fraction of sp³-hybridized carbons (Fsp3) is 0.455. The standard InChI is InChI=1S/C22H28FN5O3S/c1-14(15-2-6-17(23)7-3-15)27-22(29)16-4-8-18(9-5-16)28-32(30,31)19-12-20-21(26-13-19)25-11-10-24-20/h2-3,6-7,12-14,16,18,24,28H,4-5,8-11H2,1H3,(H,25,26)(H,27,29)/i10D2,11D2. The molecule has 1 saturated carbocycles. The minimum absolute atomic E-state index is 0.00969. The molecule has 0 saturated heterocycles. The third-order valence-electron chi connectivity index (χ3n) is 5.76. The largest absolute Gasteiger partial charge is 0.380 e. The highest BCUT2D eigenvalue weighted by atomic mass is 32.2. The van der Waals surface area contributed by atoms with Crippen LogP contribution < -0.4 is 20.7 Å². The Balaban J connectivity index is 1.34. The minimum Gasteiger partial charge on any atom is -0.380 e. The molecule has 1 aromatic heterocycles. The van der Waals surface area contributed by atoms with E-state index in [4.69, 9.17) is 5.48 Å². The van der Waals surface area contributed by atoms with Crippen molar-refractivity contribution in [1.29, 1.82) is 0 Å². The summed E-state index contributed by atoms with van der Waals surface area (Å²) in [6.07, 6.45) is 3.01. The summed E-state index contributed by atoms with van der Waals surface area (Å²) in [5.74, 6) is -0.720.